The molecule has 0 bridgehead atoms. The van der Waals surface area contributed by atoms with E-state index < -0.39 is 0 Å². The summed E-state index contributed by atoms with van der Waals surface area (Å²) in [7, 11) is 1.83. The van der Waals surface area contributed by atoms with E-state index in [1.54, 1.807) is 16.9 Å². The van der Waals surface area contributed by atoms with Gasteiger partial charge in [-0.2, -0.15) is 5.10 Å². The molecule has 3 aromatic rings. The van der Waals surface area contributed by atoms with E-state index in [0.717, 1.165) is 22.3 Å². The van der Waals surface area contributed by atoms with Crippen LogP contribution in [0.15, 0.2) is 42.7 Å². The third-order valence-corrected chi connectivity index (χ3v) is 4.78. The first-order valence-corrected chi connectivity index (χ1v) is 8.75. The number of rotatable bonds is 6. The molecule has 0 unspecified atom stereocenters. The summed E-state index contributed by atoms with van der Waals surface area (Å²) in [6.45, 7) is 2.74. The van der Waals surface area contributed by atoms with Crippen LogP contribution >= 0.6 is 11.6 Å². The number of halogens is 2. The number of hydrogen-bond acceptors (Lipinski definition) is 3. The second-order valence-corrected chi connectivity index (χ2v) is 6.56. The maximum absolute atomic E-state index is 14.6. The van der Waals surface area contributed by atoms with Gasteiger partial charge in [0.2, 0.25) is 0 Å². The molecule has 0 spiro atoms. The lowest BCUT2D eigenvalue weighted by Gasteiger charge is -2.13. The van der Waals surface area contributed by atoms with Gasteiger partial charge in [0.15, 0.2) is 0 Å². The van der Waals surface area contributed by atoms with Gasteiger partial charge < -0.3 is 10.5 Å². The van der Waals surface area contributed by atoms with E-state index in [-0.39, 0.29) is 5.82 Å². The summed E-state index contributed by atoms with van der Waals surface area (Å²) in [4.78, 5) is 0. The molecular weight excluding hydrogens is 353 g/mol. The normalized spacial score (nSPS) is 11.0. The van der Waals surface area contributed by atoms with E-state index in [0.29, 0.717) is 35.9 Å². The minimum absolute atomic E-state index is 0.245. The Morgan fingerprint density at radius 3 is 2.62 bits per heavy atom. The molecule has 2 N–H and O–H groups in total. The number of aryl methyl sites for hydroxylation is 1. The van der Waals surface area contributed by atoms with Gasteiger partial charge in [-0.15, -0.1) is 0 Å². The fourth-order valence-electron chi connectivity index (χ4n) is 2.82. The minimum Gasteiger partial charge on any atom is -0.491 e. The van der Waals surface area contributed by atoms with Crippen LogP contribution in [0.4, 0.5) is 4.39 Å². The van der Waals surface area contributed by atoms with Crippen LogP contribution in [0.1, 0.15) is 16.7 Å². The molecule has 0 saturated heterocycles. The monoisotopic (exact) mass is 373 g/mol. The summed E-state index contributed by atoms with van der Waals surface area (Å²) in [6.07, 6.45) is 4.04. The topological polar surface area (TPSA) is 53.1 Å². The molecule has 4 nitrogen and oxygen atoms in total. The van der Waals surface area contributed by atoms with Gasteiger partial charge in [-0.25, -0.2) is 4.39 Å². The number of nitrogens with zero attached hydrogens (tertiary/aromatic N) is 2. The largest absolute Gasteiger partial charge is 0.491 e. The van der Waals surface area contributed by atoms with Crippen molar-refractivity contribution in [2.24, 2.45) is 12.8 Å². The van der Waals surface area contributed by atoms with Gasteiger partial charge in [0, 0.05) is 31.8 Å². The summed E-state index contributed by atoms with van der Waals surface area (Å²) in [5.41, 5.74) is 9.61. The Labute approximate surface area is 157 Å². The van der Waals surface area contributed by atoms with E-state index in [1.165, 1.54) is 0 Å². The van der Waals surface area contributed by atoms with Gasteiger partial charge in [-0.05, 0) is 41.3 Å². The molecule has 0 aliphatic heterocycles. The molecule has 0 radical (unpaired) electrons. The van der Waals surface area contributed by atoms with Crippen molar-refractivity contribution < 1.29 is 9.13 Å². The number of nitrogens with two attached hydrogens (primary N) is 1. The van der Waals surface area contributed by atoms with Gasteiger partial charge in [0.1, 0.15) is 18.2 Å². The summed E-state index contributed by atoms with van der Waals surface area (Å²) < 4.78 is 21.8. The Balaban J connectivity index is 1.84. The van der Waals surface area contributed by atoms with Crippen LogP contribution in [0, 0.1) is 12.7 Å². The van der Waals surface area contributed by atoms with Gasteiger partial charge in [-0.1, -0.05) is 29.8 Å². The molecule has 6 heteroatoms. The Kier molecular flexibility index (Phi) is 5.59. The smallest absolute Gasteiger partial charge is 0.138 e. The van der Waals surface area contributed by atoms with Crippen molar-refractivity contribution in [1.29, 1.82) is 0 Å². The van der Waals surface area contributed by atoms with Crippen LogP contribution in [0.5, 0.6) is 5.75 Å². The van der Waals surface area contributed by atoms with Crippen molar-refractivity contribution in [2.75, 3.05) is 13.2 Å². The quantitative estimate of drug-likeness (QED) is 0.707. The number of aromatic nitrogens is 2. The van der Waals surface area contributed by atoms with Crippen LogP contribution in [0.2, 0.25) is 5.02 Å². The third kappa shape index (κ3) is 3.89. The number of ether oxygens (including phenoxy) is 1. The van der Waals surface area contributed by atoms with Crippen molar-refractivity contribution in [1.82, 2.24) is 9.78 Å². The van der Waals surface area contributed by atoms with Crippen LogP contribution < -0.4 is 10.5 Å². The van der Waals surface area contributed by atoms with Gasteiger partial charge in [0.25, 0.3) is 0 Å². The van der Waals surface area contributed by atoms with Gasteiger partial charge >= 0.3 is 0 Å². The Morgan fingerprint density at radius 1 is 1.19 bits per heavy atom. The lowest BCUT2D eigenvalue weighted by molar-refractivity contribution is 0.328. The first-order valence-electron chi connectivity index (χ1n) is 8.38. The first-order chi connectivity index (χ1) is 12.5. The highest BCUT2D eigenvalue weighted by atomic mass is 35.5. The highest BCUT2D eigenvalue weighted by molar-refractivity contribution is 6.32. The van der Waals surface area contributed by atoms with Crippen molar-refractivity contribution >= 4 is 11.6 Å². The van der Waals surface area contributed by atoms with Crippen molar-refractivity contribution in [3.8, 4) is 16.9 Å². The molecule has 0 saturated carbocycles. The van der Waals surface area contributed by atoms with Crippen LogP contribution in [-0.4, -0.2) is 22.9 Å². The van der Waals surface area contributed by atoms with Crippen LogP contribution in [-0.2, 0) is 13.5 Å². The molecule has 26 heavy (non-hydrogen) atoms. The van der Waals surface area contributed by atoms with Gasteiger partial charge in [0.05, 0.1) is 11.2 Å². The van der Waals surface area contributed by atoms with E-state index in [2.05, 4.69) is 5.10 Å². The average Bonchev–Trinajstić information content (AvgIpc) is 3.06. The van der Waals surface area contributed by atoms with Crippen LogP contribution in [0.3, 0.4) is 0 Å². The molecule has 0 fully saturated rings. The lowest BCUT2D eigenvalue weighted by Crippen LogP contribution is -2.11. The van der Waals surface area contributed by atoms with E-state index >= 15 is 0 Å². The zero-order valence-corrected chi connectivity index (χ0v) is 15.6. The van der Waals surface area contributed by atoms with E-state index in [9.17, 15) is 4.39 Å². The third-order valence-electron chi connectivity index (χ3n) is 4.31. The molecule has 0 amide bonds. The average molecular weight is 374 g/mol. The maximum atomic E-state index is 14.6. The predicted octanol–water partition coefficient (Wildman–Crippen LogP) is 4.12. The highest BCUT2D eigenvalue weighted by Gasteiger charge is 2.12. The predicted molar refractivity (Wildman–Crippen MR) is 102 cm³/mol. The highest BCUT2D eigenvalue weighted by Crippen LogP contribution is 2.32. The van der Waals surface area contributed by atoms with Crippen molar-refractivity contribution in [3.63, 3.8) is 0 Å². The second-order valence-electron chi connectivity index (χ2n) is 6.18. The summed E-state index contributed by atoms with van der Waals surface area (Å²) >= 11 is 6.38. The fraction of sp³-hybridized carbons (Fsp3) is 0.250. The molecule has 1 aromatic heterocycles. The van der Waals surface area contributed by atoms with E-state index in [1.807, 2.05) is 44.4 Å². The molecule has 0 atom stereocenters. The molecule has 0 aliphatic carbocycles. The molecule has 2 aromatic carbocycles. The van der Waals surface area contributed by atoms with Crippen molar-refractivity contribution in [2.45, 2.75) is 13.3 Å². The molecule has 1 heterocycles. The minimum atomic E-state index is -0.245. The van der Waals surface area contributed by atoms with Gasteiger partial charge in [-0.3, -0.25) is 4.68 Å². The zero-order valence-electron chi connectivity index (χ0n) is 14.8. The summed E-state index contributed by atoms with van der Waals surface area (Å²) in [5, 5.41) is 4.67. The fourth-order valence-corrected chi connectivity index (χ4v) is 3.06. The lowest BCUT2D eigenvalue weighted by atomic mass is 9.98. The Bertz CT molecular complexity index is 923. The van der Waals surface area contributed by atoms with E-state index in [4.69, 9.17) is 22.1 Å². The first kappa shape index (κ1) is 18.4. The molecular formula is C20H21ClFN3O. The number of benzene rings is 2. The van der Waals surface area contributed by atoms with Crippen molar-refractivity contribution in [3.05, 3.63) is 70.3 Å². The Morgan fingerprint density at radius 2 is 1.96 bits per heavy atom. The molecule has 136 valence electrons. The maximum Gasteiger partial charge on any atom is 0.138 e. The zero-order chi connectivity index (χ0) is 18.7. The summed E-state index contributed by atoms with van der Waals surface area (Å²) in [6, 6.07) is 8.99. The van der Waals surface area contributed by atoms with Crippen LogP contribution in [0.25, 0.3) is 11.1 Å². The molecule has 3 rings (SSSR count). The number of hydrogen-bond donors (Lipinski definition) is 1. The second kappa shape index (κ2) is 7.89. The SMILES string of the molecule is Cc1c(Cc2ccc(-c3cnn(C)c3)cc2F)ccc(OCCN)c1Cl. The standard InChI is InChI=1S/C20H21ClFN3O/c1-13-14(5-6-19(20(13)21)26-8-7-23)9-16-4-3-15(10-18(16)22)17-11-24-25(2)12-17/h3-6,10-12H,7-9,23H2,1-2H3. The summed E-state index contributed by atoms with van der Waals surface area (Å²) in [5.74, 6) is 0.357. The molecule has 0 aliphatic rings. The Hall–Kier alpha value is -2.37.